The summed E-state index contributed by atoms with van der Waals surface area (Å²) in [6, 6.07) is 6.09. The molecule has 0 saturated carbocycles. The number of carbonyl (C=O) groups excluding carboxylic acids is 1. The molecule has 2 fully saturated rings. The molecule has 1 aromatic rings. The fourth-order valence-electron chi connectivity index (χ4n) is 3.17. The number of anilines is 2. The van der Waals surface area contributed by atoms with Crippen LogP contribution in [0.15, 0.2) is 18.2 Å². The number of amides is 1. The van der Waals surface area contributed by atoms with Crippen molar-refractivity contribution in [2.45, 2.75) is 12.5 Å². The zero-order chi connectivity index (χ0) is 14.8. The summed E-state index contributed by atoms with van der Waals surface area (Å²) in [6.45, 7) is 5.63. The number of primary amides is 1. The molecule has 1 amide bonds. The Morgan fingerprint density at radius 3 is 2.71 bits per heavy atom. The second-order valence-electron chi connectivity index (χ2n) is 5.67. The Morgan fingerprint density at radius 2 is 2.00 bits per heavy atom. The summed E-state index contributed by atoms with van der Waals surface area (Å²) >= 11 is 0. The van der Waals surface area contributed by atoms with Gasteiger partial charge in [0, 0.05) is 43.6 Å². The van der Waals surface area contributed by atoms with Crippen LogP contribution in [0.4, 0.5) is 11.4 Å². The van der Waals surface area contributed by atoms with E-state index in [9.17, 15) is 4.79 Å². The number of morpholine rings is 1. The monoisotopic (exact) mass is 290 g/mol. The molecule has 0 aromatic heterocycles. The molecule has 1 atom stereocenters. The van der Waals surface area contributed by atoms with Crippen molar-refractivity contribution in [1.82, 2.24) is 4.90 Å². The van der Waals surface area contributed by atoms with Crippen LogP contribution in [0.3, 0.4) is 0 Å². The van der Waals surface area contributed by atoms with Crippen LogP contribution in [0.25, 0.3) is 0 Å². The number of ether oxygens (including phenoxy) is 1. The largest absolute Gasteiger partial charge is 0.398 e. The van der Waals surface area contributed by atoms with E-state index in [-0.39, 0.29) is 0 Å². The van der Waals surface area contributed by atoms with Crippen molar-refractivity contribution in [3.05, 3.63) is 23.8 Å². The summed E-state index contributed by atoms with van der Waals surface area (Å²) < 4.78 is 5.41. The number of carbonyl (C=O) groups is 1. The average molecular weight is 290 g/mol. The molecule has 2 aliphatic rings. The maximum Gasteiger partial charge on any atom is 0.250 e. The highest BCUT2D eigenvalue weighted by molar-refractivity contribution is 5.99. The van der Waals surface area contributed by atoms with Gasteiger partial charge < -0.3 is 21.1 Å². The summed E-state index contributed by atoms with van der Waals surface area (Å²) in [5.41, 5.74) is 13.0. The van der Waals surface area contributed by atoms with E-state index in [1.165, 1.54) is 0 Å². The van der Waals surface area contributed by atoms with E-state index in [4.69, 9.17) is 16.2 Å². The maximum absolute atomic E-state index is 11.4. The Hall–Kier alpha value is -1.79. The lowest BCUT2D eigenvalue weighted by Gasteiger charge is -2.32. The van der Waals surface area contributed by atoms with Crippen molar-refractivity contribution in [3.63, 3.8) is 0 Å². The van der Waals surface area contributed by atoms with Gasteiger partial charge in [0.2, 0.25) is 0 Å². The van der Waals surface area contributed by atoms with E-state index >= 15 is 0 Å². The van der Waals surface area contributed by atoms with Crippen LogP contribution in [0, 0.1) is 0 Å². The molecule has 0 spiro atoms. The summed E-state index contributed by atoms with van der Waals surface area (Å²) in [5, 5.41) is 0. The molecule has 114 valence electrons. The first-order valence-electron chi connectivity index (χ1n) is 7.41. The number of rotatable bonds is 3. The highest BCUT2D eigenvalue weighted by Crippen LogP contribution is 2.26. The fourth-order valence-corrected chi connectivity index (χ4v) is 3.17. The van der Waals surface area contributed by atoms with Crippen molar-refractivity contribution in [2.75, 3.05) is 50.0 Å². The van der Waals surface area contributed by atoms with Crippen LogP contribution >= 0.6 is 0 Å². The molecule has 2 aliphatic heterocycles. The van der Waals surface area contributed by atoms with Crippen molar-refractivity contribution in [2.24, 2.45) is 5.73 Å². The molecule has 1 unspecified atom stereocenters. The van der Waals surface area contributed by atoms with E-state index in [1.54, 1.807) is 12.1 Å². The lowest BCUT2D eigenvalue weighted by molar-refractivity contribution is 0.0209. The maximum atomic E-state index is 11.4. The Labute approximate surface area is 124 Å². The van der Waals surface area contributed by atoms with Gasteiger partial charge in [0.05, 0.1) is 18.8 Å². The van der Waals surface area contributed by atoms with Crippen LogP contribution < -0.4 is 16.4 Å². The molecule has 1 aromatic carbocycles. The minimum atomic E-state index is -0.474. The van der Waals surface area contributed by atoms with Crippen LogP contribution in [0.1, 0.15) is 16.8 Å². The van der Waals surface area contributed by atoms with Crippen LogP contribution in [0.2, 0.25) is 0 Å². The van der Waals surface area contributed by atoms with Gasteiger partial charge in [-0.3, -0.25) is 9.69 Å². The van der Waals surface area contributed by atoms with Gasteiger partial charge in [0.1, 0.15) is 0 Å². The molecular weight excluding hydrogens is 268 g/mol. The van der Waals surface area contributed by atoms with Gasteiger partial charge in [-0.2, -0.15) is 0 Å². The molecule has 4 N–H and O–H groups in total. The van der Waals surface area contributed by atoms with Gasteiger partial charge in [-0.05, 0) is 24.6 Å². The molecule has 3 rings (SSSR count). The van der Waals surface area contributed by atoms with Gasteiger partial charge in [0.15, 0.2) is 0 Å². The van der Waals surface area contributed by atoms with Gasteiger partial charge in [-0.25, -0.2) is 0 Å². The Balaban J connectivity index is 1.71. The van der Waals surface area contributed by atoms with Gasteiger partial charge >= 0.3 is 0 Å². The molecule has 0 radical (unpaired) electrons. The number of hydrogen-bond acceptors (Lipinski definition) is 5. The fraction of sp³-hybridized carbons (Fsp3) is 0.533. The third kappa shape index (κ3) is 2.96. The van der Waals surface area contributed by atoms with Gasteiger partial charge in [0.25, 0.3) is 5.91 Å². The minimum absolute atomic E-state index is 0.405. The Bertz CT molecular complexity index is 528. The average Bonchev–Trinajstić information content (AvgIpc) is 2.98. The Kier molecular flexibility index (Phi) is 3.98. The molecule has 0 bridgehead atoms. The summed E-state index contributed by atoms with van der Waals surface area (Å²) in [4.78, 5) is 16.2. The number of nitrogens with two attached hydrogens (primary N) is 2. The molecule has 21 heavy (non-hydrogen) atoms. The third-order valence-corrected chi connectivity index (χ3v) is 4.39. The molecule has 0 aliphatic carbocycles. The molecular formula is C15H22N4O2. The first-order chi connectivity index (χ1) is 10.1. The number of nitrogens with zero attached hydrogens (tertiary/aromatic N) is 2. The first kappa shape index (κ1) is 14.2. The van der Waals surface area contributed by atoms with Crippen molar-refractivity contribution < 1.29 is 9.53 Å². The minimum Gasteiger partial charge on any atom is -0.398 e. The smallest absolute Gasteiger partial charge is 0.250 e. The molecule has 6 nitrogen and oxygen atoms in total. The van der Waals surface area contributed by atoms with Crippen molar-refractivity contribution in [1.29, 1.82) is 0 Å². The molecule has 2 saturated heterocycles. The predicted octanol–water partition coefficient (Wildman–Crippen LogP) is 0.279. The normalized spacial score (nSPS) is 23.4. The highest BCUT2D eigenvalue weighted by Gasteiger charge is 2.29. The van der Waals surface area contributed by atoms with Crippen LogP contribution in [-0.2, 0) is 4.74 Å². The van der Waals surface area contributed by atoms with Gasteiger partial charge in [-0.15, -0.1) is 0 Å². The summed E-state index contributed by atoms with van der Waals surface area (Å²) in [7, 11) is 0. The number of benzene rings is 1. The second kappa shape index (κ2) is 5.91. The van der Waals surface area contributed by atoms with Gasteiger partial charge in [-0.1, -0.05) is 0 Å². The topological polar surface area (TPSA) is 84.8 Å². The highest BCUT2D eigenvalue weighted by atomic mass is 16.5. The summed E-state index contributed by atoms with van der Waals surface area (Å²) in [6.07, 6.45) is 1.14. The SMILES string of the molecule is NC(=O)c1cc(N2CCC(N3CCOCC3)C2)ccc1N. The van der Waals surface area contributed by atoms with Crippen LogP contribution in [0.5, 0.6) is 0 Å². The quantitative estimate of drug-likeness (QED) is 0.781. The van der Waals surface area contributed by atoms with Crippen molar-refractivity contribution in [3.8, 4) is 0 Å². The number of nitrogen functional groups attached to an aromatic ring is 1. The molecule has 2 heterocycles. The first-order valence-corrected chi connectivity index (χ1v) is 7.41. The van der Waals surface area contributed by atoms with E-state index in [2.05, 4.69) is 9.80 Å². The van der Waals surface area contributed by atoms with E-state index in [0.717, 1.165) is 51.5 Å². The molecule has 6 heteroatoms. The third-order valence-electron chi connectivity index (χ3n) is 4.39. The zero-order valence-corrected chi connectivity index (χ0v) is 12.1. The van der Waals surface area contributed by atoms with E-state index < -0.39 is 5.91 Å². The number of hydrogen-bond donors (Lipinski definition) is 2. The lowest BCUT2D eigenvalue weighted by Crippen LogP contribution is -2.44. The van der Waals surface area contributed by atoms with Crippen molar-refractivity contribution >= 4 is 17.3 Å². The predicted molar refractivity (Wildman–Crippen MR) is 82.4 cm³/mol. The lowest BCUT2D eigenvalue weighted by atomic mass is 10.1. The summed E-state index contributed by atoms with van der Waals surface area (Å²) in [5.74, 6) is -0.474. The Morgan fingerprint density at radius 1 is 1.24 bits per heavy atom. The van der Waals surface area contributed by atoms with E-state index in [0.29, 0.717) is 17.3 Å². The standard InChI is InChI=1S/C15H22N4O2/c16-14-2-1-11(9-13(14)15(17)20)19-4-3-12(10-19)18-5-7-21-8-6-18/h1-2,9,12H,3-8,10,16H2,(H2,17,20). The van der Waals surface area contributed by atoms with Crippen LogP contribution in [-0.4, -0.2) is 56.2 Å². The zero-order valence-electron chi connectivity index (χ0n) is 12.1. The second-order valence-corrected chi connectivity index (χ2v) is 5.67. The van der Waals surface area contributed by atoms with E-state index in [1.807, 2.05) is 6.07 Å².